The van der Waals surface area contributed by atoms with Crippen LogP contribution in [0.5, 0.6) is 0 Å². The quantitative estimate of drug-likeness (QED) is 0.620. The molecule has 0 aliphatic carbocycles. The standard InChI is InChI=1S/C14H8N4O3S/c15-6-8-3-4-22-14(8)18-11(19)7-1-2-9-10(5-7)17-13(21)12(20)16-9/h1-5H,(H,16,20)(H,17,21)(H,18,19). The SMILES string of the molecule is N#Cc1ccsc1NC(=O)c1ccc2[nH]c(=O)c(=O)[nH]c2c1. The van der Waals surface area contributed by atoms with Crippen LogP contribution in [-0.2, 0) is 0 Å². The number of hydrogen-bond donors (Lipinski definition) is 3. The third kappa shape index (κ3) is 2.41. The third-order valence-corrected chi connectivity index (χ3v) is 3.83. The molecule has 3 rings (SSSR count). The van der Waals surface area contributed by atoms with Crippen LogP contribution in [0.25, 0.3) is 11.0 Å². The summed E-state index contributed by atoms with van der Waals surface area (Å²) >= 11 is 1.25. The molecule has 108 valence electrons. The van der Waals surface area contributed by atoms with Gasteiger partial charge in [0.05, 0.1) is 16.6 Å². The number of hydrogen-bond acceptors (Lipinski definition) is 5. The topological polar surface area (TPSA) is 119 Å². The number of aromatic amines is 2. The van der Waals surface area contributed by atoms with Gasteiger partial charge in [-0.15, -0.1) is 11.3 Å². The second kappa shape index (κ2) is 5.31. The van der Waals surface area contributed by atoms with E-state index >= 15 is 0 Å². The Labute approximate surface area is 126 Å². The summed E-state index contributed by atoms with van der Waals surface area (Å²) in [5.41, 5.74) is -0.0691. The number of amides is 1. The predicted molar refractivity (Wildman–Crippen MR) is 82.2 cm³/mol. The number of carbonyl (C=O) groups is 1. The molecule has 0 aliphatic rings. The van der Waals surface area contributed by atoms with Crippen LogP contribution in [0.3, 0.4) is 0 Å². The van der Waals surface area contributed by atoms with Crippen molar-refractivity contribution in [2.45, 2.75) is 0 Å². The molecule has 3 N–H and O–H groups in total. The summed E-state index contributed by atoms with van der Waals surface area (Å²) in [5.74, 6) is -0.409. The molecule has 0 spiro atoms. The first-order valence-corrected chi connectivity index (χ1v) is 7.02. The molecule has 1 amide bonds. The van der Waals surface area contributed by atoms with Gasteiger partial charge in [-0.05, 0) is 29.6 Å². The molecule has 0 unspecified atom stereocenters. The first-order chi connectivity index (χ1) is 10.6. The van der Waals surface area contributed by atoms with Gasteiger partial charge in [0.2, 0.25) is 0 Å². The molecule has 3 aromatic rings. The normalized spacial score (nSPS) is 10.3. The molecule has 0 atom stereocenters. The van der Waals surface area contributed by atoms with Crippen LogP contribution >= 0.6 is 11.3 Å². The second-order valence-electron chi connectivity index (χ2n) is 4.40. The van der Waals surface area contributed by atoms with Gasteiger partial charge in [-0.3, -0.25) is 14.4 Å². The smallest absolute Gasteiger partial charge is 0.314 e. The van der Waals surface area contributed by atoms with Gasteiger partial charge in [0.15, 0.2) is 0 Å². The maximum Gasteiger partial charge on any atom is 0.314 e. The predicted octanol–water partition coefficient (Wildman–Crippen LogP) is 1.40. The molecule has 0 aliphatic heterocycles. The number of aromatic nitrogens is 2. The highest BCUT2D eigenvalue weighted by Crippen LogP contribution is 2.23. The Bertz CT molecular complexity index is 1040. The van der Waals surface area contributed by atoms with Crippen molar-refractivity contribution in [3.8, 4) is 6.07 Å². The molecule has 22 heavy (non-hydrogen) atoms. The van der Waals surface area contributed by atoms with Gasteiger partial charge in [-0.25, -0.2) is 0 Å². The Kier molecular flexibility index (Phi) is 3.33. The lowest BCUT2D eigenvalue weighted by molar-refractivity contribution is 0.102. The zero-order valence-corrected chi connectivity index (χ0v) is 11.8. The van der Waals surface area contributed by atoms with Crippen LogP contribution in [0.4, 0.5) is 5.00 Å². The van der Waals surface area contributed by atoms with Gasteiger partial charge >= 0.3 is 11.1 Å². The molecule has 0 fully saturated rings. The van der Waals surface area contributed by atoms with Gasteiger partial charge in [0.1, 0.15) is 11.1 Å². The third-order valence-electron chi connectivity index (χ3n) is 3.00. The van der Waals surface area contributed by atoms with Gasteiger partial charge in [0, 0.05) is 5.56 Å². The van der Waals surface area contributed by atoms with E-state index in [0.29, 0.717) is 27.2 Å². The van der Waals surface area contributed by atoms with E-state index in [1.54, 1.807) is 11.4 Å². The Hall–Kier alpha value is -3.18. The lowest BCUT2D eigenvalue weighted by Crippen LogP contribution is -2.29. The van der Waals surface area contributed by atoms with E-state index in [9.17, 15) is 14.4 Å². The van der Waals surface area contributed by atoms with Crippen LogP contribution in [0.2, 0.25) is 0 Å². The molecule has 2 aromatic heterocycles. The van der Waals surface area contributed by atoms with Gasteiger partial charge < -0.3 is 15.3 Å². The van der Waals surface area contributed by atoms with Crippen molar-refractivity contribution in [3.63, 3.8) is 0 Å². The second-order valence-corrected chi connectivity index (χ2v) is 5.31. The largest absolute Gasteiger partial charge is 0.316 e. The van der Waals surface area contributed by atoms with Crippen LogP contribution in [-0.4, -0.2) is 15.9 Å². The highest BCUT2D eigenvalue weighted by Gasteiger charge is 2.11. The van der Waals surface area contributed by atoms with Crippen LogP contribution in [0.15, 0.2) is 39.2 Å². The van der Waals surface area contributed by atoms with Crippen LogP contribution in [0.1, 0.15) is 15.9 Å². The zero-order valence-electron chi connectivity index (χ0n) is 11.0. The first-order valence-electron chi connectivity index (χ1n) is 6.14. The Balaban J connectivity index is 1.98. The van der Waals surface area contributed by atoms with E-state index in [0.717, 1.165) is 0 Å². The van der Waals surface area contributed by atoms with Crippen molar-refractivity contribution in [1.82, 2.24) is 9.97 Å². The molecule has 2 heterocycles. The van der Waals surface area contributed by atoms with E-state index in [-0.39, 0.29) is 0 Å². The van der Waals surface area contributed by atoms with Crippen molar-refractivity contribution >= 4 is 33.3 Å². The highest BCUT2D eigenvalue weighted by atomic mass is 32.1. The van der Waals surface area contributed by atoms with Crippen molar-refractivity contribution in [2.75, 3.05) is 5.32 Å². The summed E-state index contributed by atoms with van der Waals surface area (Å²) < 4.78 is 0. The number of nitrogens with one attached hydrogen (secondary N) is 3. The van der Waals surface area contributed by atoms with Crippen molar-refractivity contribution in [3.05, 3.63) is 61.5 Å². The van der Waals surface area contributed by atoms with Crippen LogP contribution in [0, 0.1) is 11.3 Å². The zero-order chi connectivity index (χ0) is 15.7. The van der Waals surface area contributed by atoms with Crippen molar-refractivity contribution in [1.29, 1.82) is 5.26 Å². The lowest BCUT2D eigenvalue weighted by Gasteiger charge is -2.04. The lowest BCUT2D eigenvalue weighted by atomic mass is 10.2. The average molecular weight is 312 g/mol. The van der Waals surface area contributed by atoms with Crippen molar-refractivity contribution in [2.24, 2.45) is 0 Å². The minimum atomic E-state index is -0.782. The molecule has 0 saturated heterocycles. The molecular formula is C14H8N4O3S. The van der Waals surface area contributed by atoms with E-state index in [1.165, 1.54) is 29.5 Å². The van der Waals surface area contributed by atoms with E-state index in [2.05, 4.69) is 15.3 Å². The molecule has 1 aromatic carbocycles. The summed E-state index contributed by atoms with van der Waals surface area (Å²) in [6.45, 7) is 0. The number of nitriles is 1. The first kappa shape index (κ1) is 13.8. The average Bonchev–Trinajstić information content (AvgIpc) is 2.95. The maximum absolute atomic E-state index is 12.2. The van der Waals surface area contributed by atoms with E-state index < -0.39 is 17.0 Å². The molecule has 0 saturated carbocycles. The summed E-state index contributed by atoms with van der Waals surface area (Å²) in [4.78, 5) is 39.6. The minimum Gasteiger partial charge on any atom is -0.316 e. The summed E-state index contributed by atoms with van der Waals surface area (Å²) in [5, 5.41) is 13.7. The monoisotopic (exact) mass is 312 g/mol. The van der Waals surface area contributed by atoms with Gasteiger partial charge in [-0.1, -0.05) is 0 Å². The number of H-pyrrole nitrogens is 2. The number of carbonyl (C=O) groups excluding carboxylic acids is 1. The summed E-state index contributed by atoms with van der Waals surface area (Å²) in [6.07, 6.45) is 0. The molecule has 7 nitrogen and oxygen atoms in total. The summed E-state index contributed by atoms with van der Waals surface area (Å²) in [6, 6.07) is 8.11. The number of rotatable bonds is 2. The number of benzene rings is 1. The van der Waals surface area contributed by atoms with Gasteiger partial charge in [0.25, 0.3) is 5.91 Å². The molecule has 0 radical (unpaired) electrons. The number of anilines is 1. The molecule has 0 bridgehead atoms. The fourth-order valence-electron chi connectivity index (χ4n) is 1.93. The number of nitrogens with zero attached hydrogens (tertiary/aromatic N) is 1. The molecular weight excluding hydrogens is 304 g/mol. The van der Waals surface area contributed by atoms with E-state index in [1.807, 2.05) is 6.07 Å². The fraction of sp³-hybridized carbons (Fsp3) is 0. The molecule has 8 heteroatoms. The van der Waals surface area contributed by atoms with E-state index in [4.69, 9.17) is 5.26 Å². The van der Waals surface area contributed by atoms with Gasteiger partial charge in [-0.2, -0.15) is 5.26 Å². The fourth-order valence-corrected chi connectivity index (χ4v) is 2.66. The Morgan fingerprint density at radius 2 is 1.86 bits per heavy atom. The number of fused-ring (bicyclic) bond motifs is 1. The summed E-state index contributed by atoms with van der Waals surface area (Å²) in [7, 11) is 0. The highest BCUT2D eigenvalue weighted by molar-refractivity contribution is 7.14. The minimum absolute atomic E-state index is 0.299. The Morgan fingerprint density at radius 3 is 2.59 bits per heavy atom. The number of thiophene rings is 1. The maximum atomic E-state index is 12.2. The van der Waals surface area contributed by atoms with Crippen molar-refractivity contribution < 1.29 is 4.79 Å². The van der Waals surface area contributed by atoms with Crippen LogP contribution < -0.4 is 16.4 Å². The Morgan fingerprint density at radius 1 is 1.14 bits per heavy atom.